The molecule has 1 aromatic rings. The Labute approximate surface area is 126 Å². The van der Waals surface area contributed by atoms with E-state index in [0.717, 1.165) is 0 Å². The van der Waals surface area contributed by atoms with Gasteiger partial charge in [-0.25, -0.2) is 0 Å². The van der Waals surface area contributed by atoms with Gasteiger partial charge in [-0.3, -0.25) is 4.79 Å². The van der Waals surface area contributed by atoms with Crippen LogP contribution in [0.15, 0.2) is 24.3 Å². The van der Waals surface area contributed by atoms with Crippen LogP contribution in [0.1, 0.15) is 13.3 Å². The molecule has 0 saturated heterocycles. The van der Waals surface area contributed by atoms with Crippen LogP contribution in [-0.2, 0) is 4.79 Å². The van der Waals surface area contributed by atoms with E-state index in [1.807, 2.05) is 0 Å². The molecule has 124 valence electrons. The maximum Gasteiger partial charge on any atom is 0.422 e. The van der Waals surface area contributed by atoms with E-state index in [2.05, 4.69) is 10.1 Å². The predicted octanol–water partition coefficient (Wildman–Crippen LogP) is 2.46. The highest BCUT2D eigenvalue weighted by Gasteiger charge is 2.28. The Morgan fingerprint density at radius 3 is 2.41 bits per heavy atom. The summed E-state index contributed by atoms with van der Waals surface area (Å²) in [5, 5.41) is 11.5. The van der Waals surface area contributed by atoms with Gasteiger partial charge >= 0.3 is 12.1 Å². The molecule has 0 aliphatic rings. The zero-order valence-corrected chi connectivity index (χ0v) is 12.0. The monoisotopic (exact) mass is 321 g/mol. The SMILES string of the molecule is CC(CC(=O)O)NCCOc1ccccc1OCC(F)(F)F. The number of halogens is 3. The summed E-state index contributed by atoms with van der Waals surface area (Å²) in [6.07, 6.45) is -4.44. The Kier molecular flexibility index (Phi) is 6.97. The van der Waals surface area contributed by atoms with Gasteiger partial charge in [-0.05, 0) is 19.1 Å². The third-order valence-corrected chi connectivity index (χ3v) is 2.57. The molecule has 22 heavy (non-hydrogen) atoms. The van der Waals surface area contributed by atoms with Crippen molar-refractivity contribution in [1.29, 1.82) is 0 Å². The van der Waals surface area contributed by atoms with E-state index in [4.69, 9.17) is 9.84 Å². The van der Waals surface area contributed by atoms with E-state index >= 15 is 0 Å². The quantitative estimate of drug-likeness (QED) is 0.684. The molecular weight excluding hydrogens is 303 g/mol. The van der Waals surface area contributed by atoms with Gasteiger partial charge in [-0.2, -0.15) is 13.2 Å². The molecule has 0 heterocycles. The molecule has 1 rings (SSSR count). The normalized spacial score (nSPS) is 12.7. The molecule has 0 spiro atoms. The van der Waals surface area contributed by atoms with Crippen molar-refractivity contribution >= 4 is 5.97 Å². The van der Waals surface area contributed by atoms with E-state index in [1.54, 1.807) is 19.1 Å². The molecule has 0 aromatic heterocycles. The van der Waals surface area contributed by atoms with Crippen molar-refractivity contribution in [2.24, 2.45) is 0 Å². The van der Waals surface area contributed by atoms with Crippen LogP contribution < -0.4 is 14.8 Å². The van der Waals surface area contributed by atoms with Crippen LogP contribution in [-0.4, -0.2) is 43.1 Å². The molecule has 0 bridgehead atoms. The zero-order chi connectivity index (χ0) is 16.6. The third-order valence-electron chi connectivity index (χ3n) is 2.57. The first-order valence-electron chi connectivity index (χ1n) is 6.64. The fourth-order valence-electron chi connectivity index (χ4n) is 1.65. The van der Waals surface area contributed by atoms with Crippen LogP contribution >= 0.6 is 0 Å². The van der Waals surface area contributed by atoms with Crippen molar-refractivity contribution in [1.82, 2.24) is 5.32 Å². The molecule has 0 amide bonds. The summed E-state index contributed by atoms with van der Waals surface area (Å²) in [6.45, 7) is 0.869. The number of hydrogen-bond donors (Lipinski definition) is 2. The van der Waals surface area contributed by atoms with Crippen molar-refractivity contribution in [3.05, 3.63) is 24.3 Å². The van der Waals surface area contributed by atoms with Crippen molar-refractivity contribution in [2.75, 3.05) is 19.8 Å². The Morgan fingerprint density at radius 1 is 1.27 bits per heavy atom. The Bertz CT molecular complexity index is 479. The number of rotatable bonds is 9. The summed E-state index contributed by atoms with van der Waals surface area (Å²) >= 11 is 0. The number of hydrogen-bond acceptors (Lipinski definition) is 4. The fraction of sp³-hybridized carbons (Fsp3) is 0.500. The minimum atomic E-state index is -4.42. The van der Waals surface area contributed by atoms with Crippen LogP contribution in [0.25, 0.3) is 0 Å². The molecule has 1 unspecified atom stereocenters. The number of benzene rings is 1. The van der Waals surface area contributed by atoms with Gasteiger partial charge in [-0.1, -0.05) is 12.1 Å². The summed E-state index contributed by atoms with van der Waals surface area (Å²) in [6, 6.07) is 5.84. The Balaban J connectivity index is 2.41. The fourth-order valence-corrected chi connectivity index (χ4v) is 1.65. The van der Waals surface area contributed by atoms with Gasteiger partial charge in [0.2, 0.25) is 0 Å². The minimum absolute atomic E-state index is 0.0124. The largest absolute Gasteiger partial charge is 0.488 e. The topological polar surface area (TPSA) is 67.8 Å². The minimum Gasteiger partial charge on any atom is -0.488 e. The standard InChI is InChI=1S/C14H18F3NO4/c1-10(8-13(19)20)18-6-7-21-11-4-2-3-5-12(11)22-9-14(15,16)17/h2-5,10,18H,6-9H2,1H3,(H,19,20). The van der Waals surface area contributed by atoms with Crippen LogP contribution in [0, 0.1) is 0 Å². The predicted molar refractivity (Wildman–Crippen MR) is 73.2 cm³/mol. The van der Waals surface area contributed by atoms with Crippen LogP contribution in [0.2, 0.25) is 0 Å². The lowest BCUT2D eigenvalue weighted by Gasteiger charge is -2.15. The second-order valence-corrected chi connectivity index (χ2v) is 4.65. The first-order valence-corrected chi connectivity index (χ1v) is 6.64. The first kappa shape index (κ1) is 18.1. The molecule has 0 radical (unpaired) electrons. The van der Waals surface area contributed by atoms with Crippen LogP contribution in [0.4, 0.5) is 13.2 Å². The highest BCUT2D eigenvalue weighted by molar-refractivity contribution is 5.67. The van der Waals surface area contributed by atoms with Crippen molar-refractivity contribution in [2.45, 2.75) is 25.6 Å². The summed E-state index contributed by atoms with van der Waals surface area (Å²) in [7, 11) is 0. The van der Waals surface area contributed by atoms with Crippen molar-refractivity contribution in [3.8, 4) is 11.5 Å². The highest BCUT2D eigenvalue weighted by atomic mass is 19.4. The summed E-state index contributed by atoms with van der Waals surface area (Å²) in [4.78, 5) is 10.5. The van der Waals surface area contributed by atoms with Crippen molar-refractivity contribution in [3.63, 3.8) is 0 Å². The van der Waals surface area contributed by atoms with Crippen LogP contribution in [0.3, 0.4) is 0 Å². The first-order chi connectivity index (χ1) is 10.3. The third kappa shape index (κ3) is 7.72. The average Bonchev–Trinajstić information content (AvgIpc) is 2.40. The van der Waals surface area contributed by atoms with E-state index in [0.29, 0.717) is 6.54 Å². The lowest BCUT2D eigenvalue weighted by molar-refractivity contribution is -0.153. The molecule has 8 heteroatoms. The molecule has 1 atom stereocenters. The van der Waals surface area contributed by atoms with Gasteiger partial charge in [0, 0.05) is 12.6 Å². The average molecular weight is 321 g/mol. The second kappa shape index (κ2) is 8.47. The number of ether oxygens (including phenoxy) is 2. The second-order valence-electron chi connectivity index (χ2n) is 4.65. The van der Waals surface area contributed by atoms with Gasteiger partial charge in [0.15, 0.2) is 18.1 Å². The highest BCUT2D eigenvalue weighted by Crippen LogP contribution is 2.28. The lowest BCUT2D eigenvalue weighted by Crippen LogP contribution is -2.32. The number of carboxylic acid groups (broad SMARTS) is 1. The van der Waals surface area contributed by atoms with Gasteiger partial charge in [-0.15, -0.1) is 0 Å². The number of aliphatic carboxylic acids is 1. The lowest BCUT2D eigenvalue weighted by atomic mass is 10.2. The van der Waals surface area contributed by atoms with Gasteiger partial charge in [0.25, 0.3) is 0 Å². The van der Waals surface area contributed by atoms with Gasteiger partial charge < -0.3 is 19.9 Å². The summed E-state index contributed by atoms with van der Waals surface area (Å²) in [5.74, 6) is -0.690. The number of carbonyl (C=O) groups is 1. The van der Waals surface area contributed by atoms with E-state index < -0.39 is 18.8 Å². The summed E-state index contributed by atoms with van der Waals surface area (Å²) < 4.78 is 46.5. The summed E-state index contributed by atoms with van der Waals surface area (Å²) in [5.41, 5.74) is 0. The molecule has 0 aliphatic carbocycles. The Hall–Kier alpha value is -1.96. The number of carboxylic acids is 1. The number of alkyl halides is 3. The molecule has 1 aromatic carbocycles. The van der Waals surface area contributed by atoms with Crippen molar-refractivity contribution < 1.29 is 32.5 Å². The Morgan fingerprint density at radius 2 is 1.86 bits per heavy atom. The molecule has 2 N–H and O–H groups in total. The van der Waals surface area contributed by atoms with Gasteiger partial charge in [0.1, 0.15) is 6.61 Å². The number of para-hydroxylation sites is 2. The maximum atomic E-state index is 12.1. The molecule has 0 saturated carbocycles. The smallest absolute Gasteiger partial charge is 0.422 e. The van der Waals surface area contributed by atoms with Gasteiger partial charge in [0.05, 0.1) is 6.42 Å². The molecular formula is C14H18F3NO4. The van der Waals surface area contributed by atoms with E-state index in [-0.39, 0.29) is 30.6 Å². The van der Waals surface area contributed by atoms with E-state index in [9.17, 15) is 18.0 Å². The molecule has 0 aliphatic heterocycles. The zero-order valence-electron chi connectivity index (χ0n) is 12.0. The number of nitrogens with one attached hydrogen (secondary N) is 1. The van der Waals surface area contributed by atoms with Crippen LogP contribution in [0.5, 0.6) is 11.5 Å². The molecule has 5 nitrogen and oxygen atoms in total. The maximum absolute atomic E-state index is 12.1. The van der Waals surface area contributed by atoms with E-state index in [1.165, 1.54) is 12.1 Å². The molecule has 0 fully saturated rings.